The molecule has 1 unspecified atom stereocenters. The summed E-state index contributed by atoms with van der Waals surface area (Å²) in [6.07, 6.45) is 3.21. The Balaban J connectivity index is 1.56. The number of unbranched alkanes of at least 4 members (excludes halogenated alkanes) is 1. The molecule has 2 aromatic carbocycles. The van der Waals surface area contributed by atoms with Gasteiger partial charge in [0.25, 0.3) is 0 Å². The van der Waals surface area contributed by atoms with Crippen LogP contribution in [0.5, 0.6) is 0 Å². The van der Waals surface area contributed by atoms with Gasteiger partial charge in [-0.3, -0.25) is 9.59 Å². The Kier molecular flexibility index (Phi) is 9.70. The molecule has 1 aliphatic carbocycles. The molecule has 0 heterocycles. The number of amides is 2. The molecule has 0 radical (unpaired) electrons. The molecule has 0 aliphatic heterocycles. The number of hydrogen-bond donors (Lipinski definition) is 3. The summed E-state index contributed by atoms with van der Waals surface area (Å²) in [5.41, 5.74) is 4.61. The molecule has 2 amide bonds. The summed E-state index contributed by atoms with van der Waals surface area (Å²) in [5, 5.41) is 14.8. The smallest absolute Gasteiger partial charge is 0.407 e. The molecule has 1 aliphatic rings. The maximum Gasteiger partial charge on any atom is 0.407 e. The van der Waals surface area contributed by atoms with Gasteiger partial charge < -0.3 is 20.5 Å². The fourth-order valence-electron chi connectivity index (χ4n) is 4.68. The van der Waals surface area contributed by atoms with Crippen molar-refractivity contribution in [2.24, 2.45) is 5.92 Å². The van der Waals surface area contributed by atoms with E-state index < -0.39 is 18.0 Å². The Labute approximate surface area is 207 Å². The van der Waals surface area contributed by atoms with Crippen LogP contribution in [0.2, 0.25) is 0 Å². The molecule has 3 N–H and O–H groups in total. The Morgan fingerprint density at radius 2 is 1.57 bits per heavy atom. The average Bonchev–Trinajstić information content (AvgIpc) is 3.17. The molecular formula is C28H36N2O5. The van der Waals surface area contributed by atoms with Crippen molar-refractivity contribution in [2.75, 3.05) is 13.2 Å². The van der Waals surface area contributed by atoms with Gasteiger partial charge in [-0.1, -0.05) is 81.6 Å². The van der Waals surface area contributed by atoms with Crippen LogP contribution in [0.4, 0.5) is 4.79 Å². The number of hydrogen-bond acceptors (Lipinski definition) is 4. The highest BCUT2D eigenvalue weighted by Gasteiger charge is 2.29. The summed E-state index contributed by atoms with van der Waals surface area (Å²) >= 11 is 0. The van der Waals surface area contributed by atoms with Crippen LogP contribution in [-0.2, 0) is 14.3 Å². The van der Waals surface area contributed by atoms with Gasteiger partial charge >= 0.3 is 12.1 Å². The number of carboxylic acid groups (broad SMARTS) is 1. The van der Waals surface area contributed by atoms with E-state index >= 15 is 0 Å². The number of benzene rings is 2. The molecule has 0 saturated heterocycles. The van der Waals surface area contributed by atoms with Crippen molar-refractivity contribution in [3.63, 3.8) is 0 Å². The average molecular weight is 481 g/mol. The Morgan fingerprint density at radius 1 is 0.943 bits per heavy atom. The number of carbonyl (C=O) groups is 3. The minimum atomic E-state index is -0.911. The quantitative estimate of drug-likeness (QED) is 0.370. The number of alkyl carbamates (subject to hydrolysis) is 1. The van der Waals surface area contributed by atoms with Crippen LogP contribution < -0.4 is 10.6 Å². The molecule has 0 spiro atoms. The highest BCUT2D eigenvalue weighted by Crippen LogP contribution is 2.44. The van der Waals surface area contributed by atoms with E-state index in [-0.39, 0.29) is 37.4 Å². The van der Waals surface area contributed by atoms with Gasteiger partial charge in [-0.25, -0.2) is 4.79 Å². The Hall–Kier alpha value is -3.35. The van der Waals surface area contributed by atoms with Gasteiger partial charge in [0.2, 0.25) is 5.91 Å². The lowest BCUT2D eigenvalue weighted by molar-refractivity contribution is -0.141. The third kappa shape index (κ3) is 7.07. The van der Waals surface area contributed by atoms with E-state index in [0.717, 1.165) is 41.5 Å². The predicted octanol–water partition coefficient (Wildman–Crippen LogP) is 5.09. The Bertz CT molecular complexity index is 976. The minimum Gasteiger partial charge on any atom is -0.481 e. The summed E-state index contributed by atoms with van der Waals surface area (Å²) in [5.74, 6) is -1.82. The van der Waals surface area contributed by atoms with Crippen LogP contribution in [0, 0.1) is 5.92 Å². The van der Waals surface area contributed by atoms with Crippen LogP contribution in [-0.4, -0.2) is 42.3 Å². The van der Waals surface area contributed by atoms with Crippen molar-refractivity contribution in [3.8, 4) is 11.1 Å². The molecule has 2 atom stereocenters. The van der Waals surface area contributed by atoms with Gasteiger partial charge in [0.15, 0.2) is 0 Å². The van der Waals surface area contributed by atoms with Crippen LogP contribution in [0.15, 0.2) is 48.5 Å². The first-order valence-electron chi connectivity index (χ1n) is 12.6. The third-order valence-electron chi connectivity index (χ3n) is 6.54. The van der Waals surface area contributed by atoms with E-state index in [2.05, 4.69) is 34.9 Å². The first-order valence-corrected chi connectivity index (χ1v) is 12.6. The Morgan fingerprint density at radius 3 is 2.14 bits per heavy atom. The summed E-state index contributed by atoms with van der Waals surface area (Å²) in [4.78, 5) is 36.5. The van der Waals surface area contributed by atoms with E-state index in [1.54, 1.807) is 0 Å². The number of carboxylic acids is 1. The molecule has 3 rings (SSSR count). The standard InChI is InChI=1S/C28H36N2O5/c1-3-5-11-20(16-26(31)29-17-19(10-4-2)27(32)33)30-28(34)35-18-25-23-14-8-6-12-21(23)22-13-7-9-15-24(22)25/h6-9,12-15,19-20,25H,3-5,10-11,16-18H2,1-2H3,(H,29,31)(H,30,34)(H,32,33)/t19?,20-/m0/s1. The van der Waals surface area contributed by atoms with E-state index in [9.17, 15) is 19.5 Å². The number of aliphatic carboxylic acids is 1. The predicted molar refractivity (Wildman–Crippen MR) is 135 cm³/mol. The zero-order valence-corrected chi connectivity index (χ0v) is 20.6. The molecule has 7 heteroatoms. The van der Waals surface area contributed by atoms with Gasteiger partial charge in [0.1, 0.15) is 6.61 Å². The monoisotopic (exact) mass is 480 g/mol. The van der Waals surface area contributed by atoms with Crippen molar-refractivity contribution < 1.29 is 24.2 Å². The summed E-state index contributed by atoms with van der Waals surface area (Å²) in [6.45, 7) is 4.26. The van der Waals surface area contributed by atoms with E-state index in [1.165, 1.54) is 0 Å². The van der Waals surface area contributed by atoms with Crippen molar-refractivity contribution in [3.05, 3.63) is 59.7 Å². The van der Waals surface area contributed by atoms with Gasteiger partial charge in [0, 0.05) is 24.9 Å². The van der Waals surface area contributed by atoms with E-state index in [4.69, 9.17) is 4.74 Å². The topological polar surface area (TPSA) is 105 Å². The lowest BCUT2D eigenvalue weighted by atomic mass is 9.98. The maximum atomic E-state index is 12.7. The number of fused-ring (bicyclic) bond motifs is 3. The zero-order chi connectivity index (χ0) is 25.2. The molecule has 2 aromatic rings. The van der Waals surface area contributed by atoms with E-state index in [1.807, 2.05) is 38.1 Å². The van der Waals surface area contributed by atoms with Crippen molar-refractivity contribution >= 4 is 18.0 Å². The van der Waals surface area contributed by atoms with Crippen molar-refractivity contribution in [1.82, 2.24) is 10.6 Å². The highest BCUT2D eigenvalue weighted by molar-refractivity contribution is 5.80. The van der Waals surface area contributed by atoms with Gasteiger partial charge in [-0.05, 0) is 35.1 Å². The largest absolute Gasteiger partial charge is 0.481 e. The van der Waals surface area contributed by atoms with E-state index in [0.29, 0.717) is 12.8 Å². The van der Waals surface area contributed by atoms with Gasteiger partial charge in [-0.15, -0.1) is 0 Å². The molecule has 35 heavy (non-hydrogen) atoms. The lowest BCUT2D eigenvalue weighted by Crippen LogP contribution is -2.41. The molecule has 0 aromatic heterocycles. The molecule has 7 nitrogen and oxygen atoms in total. The summed E-state index contributed by atoms with van der Waals surface area (Å²) < 4.78 is 5.63. The second kappa shape index (κ2) is 12.9. The summed E-state index contributed by atoms with van der Waals surface area (Å²) in [6, 6.07) is 15.9. The number of ether oxygens (including phenoxy) is 1. The van der Waals surface area contributed by atoms with Crippen LogP contribution >= 0.6 is 0 Å². The molecule has 0 bridgehead atoms. The lowest BCUT2D eigenvalue weighted by Gasteiger charge is -2.20. The van der Waals surface area contributed by atoms with Crippen LogP contribution in [0.1, 0.15) is 69.4 Å². The highest BCUT2D eigenvalue weighted by atomic mass is 16.5. The second-order valence-electron chi connectivity index (χ2n) is 9.14. The number of carbonyl (C=O) groups excluding carboxylic acids is 2. The SMILES string of the molecule is CCCC[C@@H](CC(=O)NCC(CCC)C(=O)O)NC(=O)OCC1c2ccccc2-c2ccccc21. The number of nitrogens with one attached hydrogen (secondary N) is 2. The first-order chi connectivity index (χ1) is 16.9. The van der Waals surface area contributed by atoms with Crippen molar-refractivity contribution in [1.29, 1.82) is 0 Å². The fourth-order valence-corrected chi connectivity index (χ4v) is 4.68. The fraction of sp³-hybridized carbons (Fsp3) is 0.464. The third-order valence-corrected chi connectivity index (χ3v) is 6.54. The normalized spacial score (nSPS) is 13.9. The van der Waals surface area contributed by atoms with Crippen LogP contribution in [0.3, 0.4) is 0 Å². The molecule has 188 valence electrons. The molecule has 0 fully saturated rings. The molecular weight excluding hydrogens is 444 g/mol. The second-order valence-corrected chi connectivity index (χ2v) is 9.14. The van der Waals surface area contributed by atoms with Gasteiger partial charge in [-0.2, -0.15) is 0 Å². The minimum absolute atomic E-state index is 0.0305. The van der Waals surface area contributed by atoms with Crippen LogP contribution in [0.25, 0.3) is 11.1 Å². The maximum absolute atomic E-state index is 12.7. The zero-order valence-electron chi connectivity index (χ0n) is 20.6. The first kappa shape index (κ1) is 26.3. The molecule has 0 saturated carbocycles. The summed E-state index contributed by atoms with van der Waals surface area (Å²) in [7, 11) is 0. The van der Waals surface area contributed by atoms with Gasteiger partial charge in [0.05, 0.1) is 5.92 Å². The number of rotatable bonds is 13. The van der Waals surface area contributed by atoms with Crippen molar-refractivity contribution in [2.45, 2.75) is 64.3 Å².